The van der Waals surface area contributed by atoms with Crippen LogP contribution in [0.5, 0.6) is 0 Å². The van der Waals surface area contributed by atoms with Crippen molar-refractivity contribution in [2.45, 2.75) is 12.8 Å². The minimum absolute atomic E-state index is 0.157. The highest BCUT2D eigenvalue weighted by Gasteiger charge is 2.16. The number of nitrogens with one attached hydrogen (secondary N) is 1. The number of hydrogen-bond acceptors (Lipinski definition) is 6. The average Bonchev–Trinajstić information content (AvgIpc) is 3.14. The van der Waals surface area contributed by atoms with Gasteiger partial charge in [-0.05, 0) is 17.7 Å². The van der Waals surface area contributed by atoms with Crippen molar-refractivity contribution in [2.75, 3.05) is 25.6 Å². The second-order valence-corrected chi connectivity index (χ2v) is 6.48. The van der Waals surface area contributed by atoms with Crippen molar-refractivity contribution in [1.82, 2.24) is 19.6 Å². The van der Waals surface area contributed by atoms with E-state index in [9.17, 15) is 9.59 Å². The molecule has 2 aromatic heterocycles. The summed E-state index contributed by atoms with van der Waals surface area (Å²) in [6, 6.07) is 8.72. The molecule has 0 spiro atoms. The smallest absolute Gasteiger partial charge is 0.411 e. The number of rotatable bonds is 7. The number of nitrogens with zero attached hydrogens (tertiary/aromatic N) is 4. The zero-order chi connectivity index (χ0) is 20.8. The van der Waals surface area contributed by atoms with Gasteiger partial charge in [-0.2, -0.15) is 10.2 Å². The molecule has 1 atom stereocenters. The molecular weight excluding hydrogens is 374 g/mol. The molecule has 0 aliphatic rings. The summed E-state index contributed by atoms with van der Waals surface area (Å²) in [6.45, 7) is 2.39. The third-order valence-corrected chi connectivity index (χ3v) is 4.35. The Balaban J connectivity index is 1.81. The van der Waals surface area contributed by atoms with Gasteiger partial charge in [0.1, 0.15) is 18.0 Å². The number of aryl methyl sites for hydroxylation is 1. The van der Waals surface area contributed by atoms with Crippen LogP contribution in [-0.4, -0.2) is 46.0 Å². The van der Waals surface area contributed by atoms with E-state index in [0.29, 0.717) is 18.0 Å². The number of methoxy groups -OCH3 is 1. The van der Waals surface area contributed by atoms with Gasteiger partial charge >= 0.3 is 6.09 Å². The first-order valence-electron chi connectivity index (χ1n) is 9.09. The van der Waals surface area contributed by atoms with E-state index in [0.717, 1.165) is 11.3 Å². The van der Waals surface area contributed by atoms with Gasteiger partial charge in [-0.25, -0.2) is 9.48 Å². The van der Waals surface area contributed by atoms with Crippen LogP contribution in [0.25, 0.3) is 5.69 Å². The molecule has 3 rings (SSSR count). The number of aromatic nitrogens is 4. The number of anilines is 1. The summed E-state index contributed by atoms with van der Waals surface area (Å²) in [6.07, 6.45) is 4.53. The third-order valence-electron chi connectivity index (χ3n) is 4.35. The number of benzene rings is 1. The highest BCUT2D eigenvalue weighted by molar-refractivity contribution is 5.84. The molecule has 0 radical (unpaired) electrons. The summed E-state index contributed by atoms with van der Waals surface area (Å²) in [5.74, 6) is -0.280. The van der Waals surface area contributed by atoms with Crippen molar-refractivity contribution < 1.29 is 14.3 Å². The van der Waals surface area contributed by atoms with Crippen LogP contribution < -0.4 is 10.7 Å². The summed E-state index contributed by atoms with van der Waals surface area (Å²) in [5, 5.41) is 11.3. The standard InChI is InChI=1S/C20H23N5O4/c1-14(15-5-4-6-16(11-15)22-20(27)29-10-9-28-3)19-18(26)7-8-25(23-19)17-12-21-24(2)13-17/h4-8,11-14H,9-10H2,1-3H3,(H,22,27). The van der Waals surface area contributed by atoms with Crippen LogP contribution in [0.3, 0.4) is 0 Å². The lowest BCUT2D eigenvalue weighted by Crippen LogP contribution is -2.19. The second kappa shape index (κ2) is 9.16. The molecule has 3 aromatic rings. The molecule has 0 saturated heterocycles. The molecule has 0 fully saturated rings. The SMILES string of the molecule is COCCOC(=O)Nc1cccc(C(C)c2nn(-c3cnn(C)c3)ccc2=O)c1. The molecule has 9 nitrogen and oxygen atoms in total. The molecule has 1 unspecified atom stereocenters. The molecule has 0 aliphatic heterocycles. The fourth-order valence-corrected chi connectivity index (χ4v) is 2.81. The maximum absolute atomic E-state index is 12.4. The van der Waals surface area contributed by atoms with Crippen LogP contribution in [0.15, 0.2) is 53.7 Å². The monoisotopic (exact) mass is 397 g/mol. The van der Waals surface area contributed by atoms with Crippen molar-refractivity contribution >= 4 is 11.8 Å². The van der Waals surface area contributed by atoms with E-state index in [2.05, 4.69) is 15.5 Å². The lowest BCUT2D eigenvalue weighted by molar-refractivity contribution is 0.107. The van der Waals surface area contributed by atoms with Crippen molar-refractivity contribution in [3.05, 3.63) is 70.4 Å². The molecule has 9 heteroatoms. The number of carbonyl (C=O) groups excluding carboxylic acids is 1. The van der Waals surface area contributed by atoms with Crippen LogP contribution in [0, 0.1) is 0 Å². The Bertz CT molecular complexity index is 1040. The first kappa shape index (κ1) is 20.3. The Morgan fingerprint density at radius 2 is 2.10 bits per heavy atom. The Labute approximate surface area is 167 Å². The summed E-state index contributed by atoms with van der Waals surface area (Å²) < 4.78 is 13.1. The highest BCUT2D eigenvalue weighted by Crippen LogP contribution is 2.23. The minimum atomic E-state index is -0.566. The maximum atomic E-state index is 12.4. The Hall–Kier alpha value is -3.46. The number of amides is 1. The topological polar surface area (TPSA) is 100 Å². The van der Waals surface area contributed by atoms with Gasteiger partial charge < -0.3 is 9.47 Å². The zero-order valence-electron chi connectivity index (χ0n) is 16.5. The lowest BCUT2D eigenvalue weighted by atomic mass is 9.97. The third kappa shape index (κ3) is 5.08. The zero-order valence-corrected chi connectivity index (χ0v) is 16.5. The molecule has 0 aliphatic carbocycles. The van der Waals surface area contributed by atoms with E-state index >= 15 is 0 Å². The van der Waals surface area contributed by atoms with E-state index in [-0.39, 0.29) is 18.0 Å². The van der Waals surface area contributed by atoms with E-state index in [1.54, 1.807) is 40.0 Å². The fourth-order valence-electron chi connectivity index (χ4n) is 2.81. The Kier molecular flexibility index (Phi) is 6.40. The maximum Gasteiger partial charge on any atom is 0.411 e. The molecule has 0 bridgehead atoms. The van der Waals surface area contributed by atoms with Crippen LogP contribution >= 0.6 is 0 Å². The number of hydrogen-bond donors (Lipinski definition) is 1. The van der Waals surface area contributed by atoms with Gasteiger partial charge in [0, 0.05) is 38.0 Å². The first-order chi connectivity index (χ1) is 14.0. The van der Waals surface area contributed by atoms with Gasteiger partial charge in [-0.1, -0.05) is 19.1 Å². The van der Waals surface area contributed by atoms with Gasteiger partial charge in [-0.15, -0.1) is 0 Å². The van der Waals surface area contributed by atoms with E-state index in [1.165, 1.54) is 13.2 Å². The first-order valence-corrected chi connectivity index (χ1v) is 9.09. The lowest BCUT2D eigenvalue weighted by Gasteiger charge is -2.14. The van der Waals surface area contributed by atoms with Crippen molar-refractivity contribution in [2.24, 2.45) is 7.05 Å². The van der Waals surface area contributed by atoms with Gasteiger partial charge in [-0.3, -0.25) is 14.8 Å². The summed E-state index contributed by atoms with van der Waals surface area (Å²) in [5.41, 5.74) is 2.41. The molecule has 152 valence electrons. The summed E-state index contributed by atoms with van der Waals surface area (Å²) >= 11 is 0. The Morgan fingerprint density at radius 3 is 2.83 bits per heavy atom. The largest absolute Gasteiger partial charge is 0.447 e. The summed E-state index contributed by atoms with van der Waals surface area (Å²) in [4.78, 5) is 24.3. The van der Waals surface area contributed by atoms with Crippen molar-refractivity contribution in [1.29, 1.82) is 0 Å². The van der Waals surface area contributed by atoms with Crippen molar-refractivity contribution in [3.8, 4) is 5.69 Å². The van der Waals surface area contributed by atoms with Gasteiger partial charge in [0.2, 0.25) is 5.43 Å². The van der Waals surface area contributed by atoms with Gasteiger partial charge in [0.25, 0.3) is 0 Å². The van der Waals surface area contributed by atoms with Crippen LogP contribution in [-0.2, 0) is 16.5 Å². The second-order valence-electron chi connectivity index (χ2n) is 6.48. The summed E-state index contributed by atoms with van der Waals surface area (Å²) in [7, 11) is 3.35. The molecule has 0 saturated carbocycles. The van der Waals surface area contributed by atoms with Crippen molar-refractivity contribution in [3.63, 3.8) is 0 Å². The highest BCUT2D eigenvalue weighted by atomic mass is 16.6. The van der Waals surface area contributed by atoms with Gasteiger partial charge in [0.05, 0.1) is 19.0 Å². The molecular formula is C20H23N5O4. The predicted octanol–water partition coefficient (Wildman–Crippen LogP) is 2.31. The fraction of sp³-hybridized carbons (Fsp3) is 0.300. The molecule has 2 heterocycles. The van der Waals surface area contributed by atoms with Crippen LogP contribution in [0.1, 0.15) is 24.1 Å². The van der Waals surface area contributed by atoms with Crippen LogP contribution in [0.2, 0.25) is 0 Å². The minimum Gasteiger partial charge on any atom is -0.447 e. The van der Waals surface area contributed by atoms with E-state index in [4.69, 9.17) is 9.47 Å². The number of carbonyl (C=O) groups is 1. The molecule has 1 N–H and O–H groups in total. The van der Waals surface area contributed by atoms with Crippen LogP contribution in [0.4, 0.5) is 10.5 Å². The Morgan fingerprint density at radius 1 is 1.28 bits per heavy atom. The quantitative estimate of drug-likeness (QED) is 0.614. The predicted molar refractivity (Wildman–Crippen MR) is 107 cm³/mol. The molecule has 29 heavy (non-hydrogen) atoms. The molecule has 1 aromatic carbocycles. The molecule has 1 amide bonds. The number of ether oxygens (including phenoxy) is 2. The van der Waals surface area contributed by atoms with E-state index in [1.807, 2.05) is 26.2 Å². The normalized spacial score (nSPS) is 11.8. The average molecular weight is 397 g/mol. The van der Waals surface area contributed by atoms with E-state index < -0.39 is 6.09 Å². The van der Waals surface area contributed by atoms with Gasteiger partial charge in [0.15, 0.2) is 0 Å².